The first-order valence-corrected chi connectivity index (χ1v) is 8.54. The van der Waals surface area contributed by atoms with Crippen LogP contribution in [-0.4, -0.2) is 45.1 Å². The molecular weight excluding hydrogens is 292 g/mol. The normalized spacial score (nSPS) is 15.1. The number of hydrogen-bond acceptors (Lipinski definition) is 4. The van der Waals surface area contributed by atoms with Crippen molar-refractivity contribution in [2.75, 3.05) is 20.1 Å². The second kappa shape index (κ2) is 6.59. The molecule has 0 radical (unpaired) electrons. The Morgan fingerprint density at radius 3 is 2.71 bits per heavy atom. The van der Waals surface area contributed by atoms with E-state index >= 15 is 0 Å². The van der Waals surface area contributed by atoms with Gasteiger partial charge < -0.3 is 15.2 Å². The molecule has 2 rings (SSSR count). The van der Waals surface area contributed by atoms with Gasteiger partial charge >= 0.3 is 0 Å². The van der Waals surface area contributed by atoms with Crippen LogP contribution in [0.15, 0.2) is 17.2 Å². The van der Waals surface area contributed by atoms with Crippen LogP contribution in [0, 0.1) is 0 Å². The Morgan fingerprint density at radius 1 is 1.38 bits per heavy atom. The molecule has 0 saturated heterocycles. The molecule has 118 valence electrons. The third kappa shape index (κ3) is 4.29. The molecular formula is C13H22N4O3S. The zero-order chi connectivity index (χ0) is 15.5. The molecule has 1 fully saturated rings. The largest absolute Gasteiger partial charge is 0.354 e. The van der Waals surface area contributed by atoms with Crippen LogP contribution in [0.2, 0.25) is 0 Å². The lowest BCUT2D eigenvalue weighted by Gasteiger charge is -2.05. The van der Waals surface area contributed by atoms with Gasteiger partial charge in [0.05, 0.1) is 0 Å². The summed E-state index contributed by atoms with van der Waals surface area (Å²) in [7, 11) is -0.417. The zero-order valence-corrected chi connectivity index (χ0v) is 13.2. The van der Waals surface area contributed by atoms with Crippen LogP contribution >= 0.6 is 0 Å². The molecule has 1 aliphatic carbocycles. The minimum atomic E-state index is -3.57. The maximum atomic E-state index is 12.1. The summed E-state index contributed by atoms with van der Waals surface area (Å²) < 4.78 is 28.3. The summed E-state index contributed by atoms with van der Waals surface area (Å²) >= 11 is 0. The summed E-state index contributed by atoms with van der Waals surface area (Å²) in [5, 5.41) is 5.81. The van der Waals surface area contributed by atoms with Crippen molar-refractivity contribution in [2.24, 2.45) is 7.05 Å². The number of rotatable bonds is 8. The van der Waals surface area contributed by atoms with E-state index < -0.39 is 10.0 Å². The van der Waals surface area contributed by atoms with Crippen LogP contribution in [0.25, 0.3) is 0 Å². The Bertz CT molecular complexity index is 605. The van der Waals surface area contributed by atoms with Gasteiger partial charge in [-0.1, -0.05) is 0 Å². The van der Waals surface area contributed by atoms with E-state index in [9.17, 15) is 13.2 Å². The second-order valence-electron chi connectivity index (χ2n) is 5.23. The maximum absolute atomic E-state index is 12.1. The Morgan fingerprint density at radius 2 is 2.10 bits per heavy atom. The van der Waals surface area contributed by atoms with Crippen LogP contribution in [0.3, 0.4) is 0 Å². The van der Waals surface area contributed by atoms with Gasteiger partial charge in [-0.05, 0) is 31.9 Å². The van der Waals surface area contributed by atoms with E-state index in [1.54, 1.807) is 7.05 Å². The first kappa shape index (κ1) is 16.0. The molecule has 1 aliphatic rings. The summed E-state index contributed by atoms with van der Waals surface area (Å²) in [5.74, 6) is -0.312. The van der Waals surface area contributed by atoms with Crippen molar-refractivity contribution in [3.05, 3.63) is 18.0 Å². The summed E-state index contributed by atoms with van der Waals surface area (Å²) in [6, 6.07) is 2.01. The predicted molar refractivity (Wildman–Crippen MR) is 79.6 cm³/mol. The number of aromatic nitrogens is 1. The molecule has 0 aromatic carbocycles. The molecule has 1 saturated carbocycles. The van der Waals surface area contributed by atoms with Gasteiger partial charge in [-0.15, -0.1) is 0 Å². The highest BCUT2D eigenvalue weighted by molar-refractivity contribution is 7.89. The monoisotopic (exact) mass is 314 g/mol. The number of amides is 1. The molecule has 0 spiro atoms. The van der Waals surface area contributed by atoms with Gasteiger partial charge in [0.2, 0.25) is 10.0 Å². The molecule has 7 nitrogen and oxygen atoms in total. The molecule has 0 unspecified atom stereocenters. The molecule has 3 N–H and O–H groups in total. The summed E-state index contributed by atoms with van der Waals surface area (Å²) in [6.07, 6.45) is 4.62. The van der Waals surface area contributed by atoms with E-state index in [4.69, 9.17) is 0 Å². The number of nitrogens with zero attached hydrogens (tertiary/aromatic N) is 1. The van der Waals surface area contributed by atoms with E-state index in [0.29, 0.717) is 18.3 Å². The van der Waals surface area contributed by atoms with Crippen molar-refractivity contribution in [1.82, 2.24) is 19.9 Å². The molecule has 1 aromatic rings. The molecule has 8 heteroatoms. The number of nitrogens with one attached hydrogen (secondary N) is 3. The van der Waals surface area contributed by atoms with Gasteiger partial charge in [-0.25, -0.2) is 13.1 Å². The number of aryl methyl sites for hydroxylation is 1. The SMILES string of the molecule is CNC(=O)c1cc(S(=O)(=O)NCCCNC2CC2)cn1C. The maximum Gasteiger partial charge on any atom is 0.267 e. The summed E-state index contributed by atoms with van der Waals surface area (Å²) in [5.41, 5.74) is 0.313. The van der Waals surface area contributed by atoms with Gasteiger partial charge in [-0.2, -0.15) is 0 Å². The van der Waals surface area contributed by atoms with Crippen LogP contribution in [0.4, 0.5) is 0 Å². The van der Waals surface area contributed by atoms with Crippen LogP contribution in [0.1, 0.15) is 29.8 Å². The van der Waals surface area contributed by atoms with E-state index in [2.05, 4.69) is 15.4 Å². The first-order valence-electron chi connectivity index (χ1n) is 7.05. The van der Waals surface area contributed by atoms with Crippen molar-refractivity contribution in [2.45, 2.75) is 30.2 Å². The molecule has 1 heterocycles. The summed E-state index contributed by atoms with van der Waals surface area (Å²) in [4.78, 5) is 11.7. The molecule has 1 aromatic heterocycles. The van der Waals surface area contributed by atoms with Gasteiger partial charge in [0.25, 0.3) is 5.91 Å². The van der Waals surface area contributed by atoms with Gasteiger partial charge in [0, 0.05) is 32.9 Å². The van der Waals surface area contributed by atoms with Crippen molar-refractivity contribution in [3.8, 4) is 0 Å². The fraction of sp³-hybridized carbons (Fsp3) is 0.615. The number of carbonyl (C=O) groups excluding carboxylic acids is 1. The first-order chi connectivity index (χ1) is 9.94. The van der Waals surface area contributed by atoms with E-state index in [1.165, 1.54) is 36.7 Å². The fourth-order valence-electron chi connectivity index (χ4n) is 2.01. The number of hydrogen-bond donors (Lipinski definition) is 3. The minimum Gasteiger partial charge on any atom is -0.354 e. The quantitative estimate of drug-likeness (QED) is 0.580. The lowest BCUT2D eigenvalue weighted by Crippen LogP contribution is -2.28. The van der Waals surface area contributed by atoms with Crippen molar-refractivity contribution >= 4 is 15.9 Å². The van der Waals surface area contributed by atoms with E-state index in [0.717, 1.165) is 13.0 Å². The van der Waals surface area contributed by atoms with Gasteiger partial charge in [-0.3, -0.25) is 4.79 Å². The minimum absolute atomic E-state index is 0.110. The Kier molecular flexibility index (Phi) is 5.02. The van der Waals surface area contributed by atoms with Gasteiger partial charge in [0.1, 0.15) is 10.6 Å². The highest BCUT2D eigenvalue weighted by atomic mass is 32.2. The molecule has 0 atom stereocenters. The molecule has 0 aliphatic heterocycles. The molecule has 1 amide bonds. The lowest BCUT2D eigenvalue weighted by atomic mass is 10.4. The van der Waals surface area contributed by atoms with E-state index in [1.807, 2.05) is 0 Å². The zero-order valence-electron chi connectivity index (χ0n) is 12.3. The van der Waals surface area contributed by atoms with Crippen molar-refractivity contribution < 1.29 is 13.2 Å². The predicted octanol–water partition coefficient (Wildman–Crippen LogP) is -0.195. The number of sulfonamides is 1. The number of carbonyl (C=O) groups is 1. The topological polar surface area (TPSA) is 92.2 Å². The molecule has 0 bridgehead atoms. The Labute approximate surface area is 125 Å². The third-order valence-electron chi connectivity index (χ3n) is 3.41. The average molecular weight is 314 g/mol. The fourth-order valence-corrected chi connectivity index (χ4v) is 3.15. The highest BCUT2D eigenvalue weighted by Crippen LogP contribution is 2.18. The average Bonchev–Trinajstić information content (AvgIpc) is 3.18. The molecule has 21 heavy (non-hydrogen) atoms. The Hall–Kier alpha value is -1.38. The van der Waals surface area contributed by atoms with Crippen LogP contribution in [0.5, 0.6) is 0 Å². The van der Waals surface area contributed by atoms with Crippen LogP contribution in [-0.2, 0) is 17.1 Å². The van der Waals surface area contributed by atoms with Gasteiger partial charge in [0.15, 0.2) is 0 Å². The highest BCUT2D eigenvalue weighted by Gasteiger charge is 2.21. The Balaban J connectivity index is 1.90. The van der Waals surface area contributed by atoms with Crippen LogP contribution < -0.4 is 15.4 Å². The second-order valence-corrected chi connectivity index (χ2v) is 7.00. The smallest absolute Gasteiger partial charge is 0.267 e. The van der Waals surface area contributed by atoms with Crippen molar-refractivity contribution in [3.63, 3.8) is 0 Å². The third-order valence-corrected chi connectivity index (χ3v) is 4.83. The lowest BCUT2D eigenvalue weighted by molar-refractivity contribution is 0.0955. The standard InChI is InChI=1S/C13H22N4O3S/c1-14-13(18)12-8-11(9-17(12)2)21(19,20)16-7-3-6-15-10-4-5-10/h8-10,15-16H,3-7H2,1-2H3,(H,14,18). The summed E-state index contributed by atoms with van der Waals surface area (Å²) in [6.45, 7) is 1.19. The van der Waals surface area contributed by atoms with E-state index in [-0.39, 0.29) is 10.8 Å². The van der Waals surface area contributed by atoms with Crippen molar-refractivity contribution in [1.29, 1.82) is 0 Å².